The van der Waals surface area contributed by atoms with Crippen LogP contribution >= 0.6 is 11.6 Å². The minimum atomic E-state index is -0.0791. The number of rotatable bonds is 5. The highest BCUT2D eigenvalue weighted by Crippen LogP contribution is 2.04. The van der Waals surface area contributed by atoms with Gasteiger partial charge in [0.1, 0.15) is 5.69 Å². The van der Waals surface area contributed by atoms with Gasteiger partial charge in [0.25, 0.3) is 5.91 Å². The van der Waals surface area contributed by atoms with Crippen molar-refractivity contribution in [3.05, 3.63) is 17.5 Å². The minimum absolute atomic E-state index is 0.0791. The predicted molar refractivity (Wildman–Crippen MR) is 64.8 cm³/mol. The van der Waals surface area contributed by atoms with Crippen LogP contribution in [-0.4, -0.2) is 28.1 Å². The van der Waals surface area contributed by atoms with Crippen LogP contribution in [-0.2, 0) is 7.05 Å². The largest absolute Gasteiger partial charge is 0.350 e. The molecule has 1 aromatic rings. The standard InChI is InChI=1S/C11H18ClN3O/c1-8(4-5-12)7-13-11(16)10-6-9(2)14-15(10)3/h6,8H,4-5,7H2,1-3H3,(H,13,16). The molecule has 0 saturated heterocycles. The zero-order valence-corrected chi connectivity index (χ0v) is 10.7. The molecule has 5 heteroatoms. The first-order valence-corrected chi connectivity index (χ1v) is 5.93. The Morgan fingerprint density at radius 3 is 2.88 bits per heavy atom. The molecule has 0 saturated carbocycles. The van der Waals surface area contributed by atoms with Gasteiger partial charge in [0.2, 0.25) is 0 Å². The number of nitrogens with one attached hydrogen (secondary N) is 1. The van der Waals surface area contributed by atoms with Crippen molar-refractivity contribution in [2.45, 2.75) is 20.3 Å². The van der Waals surface area contributed by atoms with Crippen molar-refractivity contribution in [2.75, 3.05) is 12.4 Å². The number of hydrogen-bond acceptors (Lipinski definition) is 2. The van der Waals surface area contributed by atoms with Crippen LogP contribution in [0.4, 0.5) is 0 Å². The number of carbonyl (C=O) groups is 1. The van der Waals surface area contributed by atoms with Gasteiger partial charge in [0, 0.05) is 19.5 Å². The molecular weight excluding hydrogens is 226 g/mol. The molecular formula is C11H18ClN3O. The number of aryl methyl sites for hydroxylation is 2. The third-order valence-corrected chi connectivity index (χ3v) is 2.67. The monoisotopic (exact) mass is 243 g/mol. The summed E-state index contributed by atoms with van der Waals surface area (Å²) in [6.07, 6.45) is 0.909. The van der Waals surface area contributed by atoms with E-state index in [1.165, 1.54) is 0 Å². The fourth-order valence-electron chi connectivity index (χ4n) is 1.47. The highest BCUT2D eigenvalue weighted by Gasteiger charge is 2.12. The van der Waals surface area contributed by atoms with E-state index >= 15 is 0 Å². The smallest absolute Gasteiger partial charge is 0.269 e. The second-order valence-electron chi connectivity index (χ2n) is 4.09. The second kappa shape index (κ2) is 5.89. The highest BCUT2D eigenvalue weighted by molar-refractivity contribution is 6.17. The van der Waals surface area contributed by atoms with Gasteiger partial charge in [0.15, 0.2) is 0 Å². The van der Waals surface area contributed by atoms with Crippen LogP contribution < -0.4 is 5.32 Å². The molecule has 0 fully saturated rings. The first kappa shape index (κ1) is 13.0. The molecule has 1 rings (SSSR count). The molecule has 0 aliphatic heterocycles. The molecule has 1 heterocycles. The van der Waals surface area contributed by atoms with Crippen LogP contribution in [0.3, 0.4) is 0 Å². The summed E-state index contributed by atoms with van der Waals surface area (Å²) in [5.74, 6) is 0.947. The Morgan fingerprint density at radius 2 is 2.38 bits per heavy atom. The van der Waals surface area contributed by atoms with Crippen molar-refractivity contribution in [2.24, 2.45) is 13.0 Å². The van der Waals surface area contributed by atoms with Crippen molar-refractivity contribution in [3.8, 4) is 0 Å². The van der Waals surface area contributed by atoms with Crippen LogP contribution in [0, 0.1) is 12.8 Å². The number of hydrogen-bond donors (Lipinski definition) is 1. The normalized spacial score (nSPS) is 12.5. The zero-order valence-electron chi connectivity index (χ0n) is 9.96. The van der Waals surface area contributed by atoms with Crippen LogP contribution in [0.1, 0.15) is 29.5 Å². The van der Waals surface area contributed by atoms with Gasteiger partial charge in [-0.15, -0.1) is 11.6 Å². The maximum atomic E-state index is 11.8. The minimum Gasteiger partial charge on any atom is -0.350 e. The number of amides is 1. The van der Waals surface area contributed by atoms with Gasteiger partial charge >= 0.3 is 0 Å². The summed E-state index contributed by atoms with van der Waals surface area (Å²) in [5, 5.41) is 7.01. The molecule has 16 heavy (non-hydrogen) atoms. The van der Waals surface area contributed by atoms with Crippen molar-refractivity contribution in [1.82, 2.24) is 15.1 Å². The second-order valence-corrected chi connectivity index (χ2v) is 4.47. The molecule has 1 aromatic heterocycles. The van der Waals surface area contributed by atoms with E-state index in [0.29, 0.717) is 24.0 Å². The van der Waals surface area contributed by atoms with E-state index in [1.807, 2.05) is 6.92 Å². The van der Waals surface area contributed by atoms with E-state index in [2.05, 4.69) is 17.3 Å². The third kappa shape index (κ3) is 3.52. The van der Waals surface area contributed by atoms with Gasteiger partial charge in [-0.2, -0.15) is 5.10 Å². The summed E-state index contributed by atoms with van der Waals surface area (Å²) < 4.78 is 1.59. The van der Waals surface area contributed by atoms with E-state index in [4.69, 9.17) is 11.6 Å². The number of halogens is 1. The lowest BCUT2D eigenvalue weighted by Crippen LogP contribution is -2.29. The number of nitrogens with zero attached hydrogens (tertiary/aromatic N) is 2. The molecule has 0 aliphatic rings. The van der Waals surface area contributed by atoms with Crippen LogP contribution in [0.15, 0.2) is 6.07 Å². The maximum absolute atomic E-state index is 11.8. The van der Waals surface area contributed by atoms with E-state index in [0.717, 1.165) is 12.1 Å². The van der Waals surface area contributed by atoms with Crippen molar-refractivity contribution >= 4 is 17.5 Å². The molecule has 1 N–H and O–H groups in total. The van der Waals surface area contributed by atoms with Crippen molar-refractivity contribution < 1.29 is 4.79 Å². The van der Waals surface area contributed by atoms with Crippen LogP contribution in [0.5, 0.6) is 0 Å². The Labute approximate surface area is 101 Å². The van der Waals surface area contributed by atoms with E-state index in [1.54, 1.807) is 17.8 Å². The third-order valence-electron chi connectivity index (χ3n) is 2.45. The quantitative estimate of drug-likeness (QED) is 0.801. The Kier molecular flexibility index (Phi) is 4.80. The fraction of sp³-hybridized carbons (Fsp3) is 0.636. The summed E-state index contributed by atoms with van der Waals surface area (Å²) in [6, 6.07) is 1.78. The summed E-state index contributed by atoms with van der Waals surface area (Å²) in [6.45, 7) is 4.58. The SMILES string of the molecule is Cc1cc(C(=O)NCC(C)CCCl)n(C)n1. The van der Waals surface area contributed by atoms with Gasteiger partial charge in [-0.25, -0.2) is 0 Å². The molecule has 0 aromatic carbocycles. The fourth-order valence-corrected chi connectivity index (χ4v) is 1.84. The Balaban J connectivity index is 2.50. The number of carbonyl (C=O) groups excluding carboxylic acids is 1. The van der Waals surface area contributed by atoms with Gasteiger partial charge < -0.3 is 5.32 Å². The first-order valence-electron chi connectivity index (χ1n) is 5.39. The Bertz CT molecular complexity index is 362. The number of alkyl halides is 1. The zero-order chi connectivity index (χ0) is 12.1. The van der Waals surface area contributed by atoms with Crippen LogP contribution in [0.2, 0.25) is 0 Å². The molecule has 1 atom stereocenters. The summed E-state index contributed by atoms with van der Waals surface area (Å²) in [7, 11) is 1.77. The Morgan fingerprint density at radius 1 is 1.69 bits per heavy atom. The Hall–Kier alpha value is -1.03. The van der Waals surface area contributed by atoms with Gasteiger partial charge in [-0.1, -0.05) is 6.92 Å². The van der Waals surface area contributed by atoms with E-state index in [9.17, 15) is 4.79 Å². The van der Waals surface area contributed by atoms with Crippen LogP contribution in [0.25, 0.3) is 0 Å². The molecule has 0 spiro atoms. The molecule has 1 unspecified atom stereocenters. The topological polar surface area (TPSA) is 46.9 Å². The van der Waals surface area contributed by atoms with E-state index in [-0.39, 0.29) is 5.91 Å². The summed E-state index contributed by atoms with van der Waals surface area (Å²) >= 11 is 5.63. The maximum Gasteiger partial charge on any atom is 0.269 e. The lowest BCUT2D eigenvalue weighted by atomic mass is 10.1. The predicted octanol–water partition coefficient (Wildman–Crippen LogP) is 1.72. The van der Waals surface area contributed by atoms with Gasteiger partial charge in [-0.05, 0) is 25.3 Å². The lowest BCUT2D eigenvalue weighted by Gasteiger charge is -2.10. The molecule has 1 amide bonds. The average Bonchev–Trinajstić information content (AvgIpc) is 2.55. The molecule has 4 nitrogen and oxygen atoms in total. The van der Waals surface area contributed by atoms with Gasteiger partial charge in [0.05, 0.1) is 5.69 Å². The summed E-state index contributed by atoms with van der Waals surface area (Å²) in [4.78, 5) is 11.8. The average molecular weight is 244 g/mol. The lowest BCUT2D eigenvalue weighted by molar-refractivity contribution is 0.0938. The molecule has 0 bridgehead atoms. The molecule has 0 aliphatic carbocycles. The molecule has 0 radical (unpaired) electrons. The molecule has 90 valence electrons. The van der Waals surface area contributed by atoms with Crippen molar-refractivity contribution in [3.63, 3.8) is 0 Å². The number of aromatic nitrogens is 2. The first-order chi connectivity index (χ1) is 7.54. The van der Waals surface area contributed by atoms with Gasteiger partial charge in [-0.3, -0.25) is 9.48 Å². The van der Waals surface area contributed by atoms with E-state index < -0.39 is 0 Å². The summed E-state index contributed by atoms with van der Waals surface area (Å²) in [5.41, 5.74) is 1.44. The van der Waals surface area contributed by atoms with Crippen molar-refractivity contribution in [1.29, 1.82) is 0 Å². The highest BCUT2D eigenvalue weighted by atomic mass is 35.5.